The Balaban J connectivity index is 1.45. The Hall–Kier alpha value is -1.16. The topological polar surface area (TPSA) is 43.4 Å². The van der Waals surface area contributed by atoms with E-state index >= 15 is 0 Å². The molecule has 4 heteroatoms. The summed E-state index contributed by atoms with van der Waals surface area (Å²) in [6.45, 7) is 0. The molecule has 6 rings (SSSR count). The Kier molecular flexibility index (Phi) is 2.89. The van der Waals surface area contributed by atoms with Gasteiger partial charge in [0.05, 0.1) is 11.0 Å². The molecule has 5 fully saturated rings. The van der Waals surface area contributed by atoms with Crippen molar-refractivity contribution in [1.29, 1.82) is 0 Å². The zero-order chi connectivity index (χ0) is 15.8. The van der Waals surface area contributed by atoms with Gasteiger partial charge < -0.3 is 4.74 Å². The van der Waals surface area contributed by atoms with Crippen LogP contribution < -0.4 is 0 Å². The van der Waals surface area contributed by atoms with Crippen LogP contribution in [0.5, 0.6) is 0 Å². The Labute approximate surface area is 143 Å². The van der Waals surface area contributed by atoms with Gasteiger partial charge in [-0.15, -0.1) is 0 Å². The standard InChI is InChI=1S/C19H19BrO3/c20-12-4-1-10(2-5-12)18(22)23-16-9-11-3-6-13-17(11)14-7-8-15(21)19(13,14)16/h1-2,4-5,11,13-14,16-17H,3,6-9H2/t11-,13-,14-,16-,17+,19-/m1/s1. The van der Waals surface area contributed by atoms with Crippen molar-refractivity contribution in [3.05, 3.63) is 34.3 Å². The molecule has 0 N–H and O–H groups in total. The number of ether oxygens (including phenoxy) is 1. The number of carbonyl (C=O) groups excluding carboxylic acids is 2. The molecule has 0 heterocycles. The van der Waals surface area contributed by atoms with Crippen LogP contribution in [-0.4, -0.2) is 17.9 Å². The van der Waals surface area contributed by atoms with Crippen LogP contribution in [-0.2, 0) is 9.53 Å². The van der Waals surface area contributed by atoms with E-state index in [0.717, 1.165) is 29.7 Å². The van der Waals surface area contributed by atoms with Gasteiger partial charge in [-0.25, -0.2) is 4.79 Å². The Bertz CT molecular complexity index is 689. The normalized spacial score (nSPS) is 43.0. The van der Waals surface area contributed by atoms with Crippen molar-refractivity contribution in [3.8, 4) is 0 Å². The Morgan fingerprint density at radius 1 is 1.13 bits per heavy atom. The first kappa shape index (κ1) is 14.2. The third kappa shape index (κ3) is 1.66. The van der Waals surface area contributed by atoms with Crippen molar-refractivity contribution in [1.82, 2.24) is 0 Å². The molecule has 6 atom stereocenters. The average molecular weight is 375 g/mol. The van der Waals surface area contributed by atoms with Gasteiger partial charge in [-0.1, -0.05) is 15.9 Å². The van der Waals surface area contributed by atoms with E-state index in [4.69, 9.17) is 4.74 Å². The first-order valence-corrected chi connectivity index (χ1v) is 9.41. The van der Waals surface area contributed by atoms with Crippen LogP contribution in [0.4, 0.5) is 0 Å². The van der Waals surface area contributed by atoms with Crippen molar-refractivity contribution in [3.63, 3.8) is 0 Å². The highest BCUT2D eigenvalue weighted by Gasteiger charge is 2.77. The molecule has 5 saturated carbocycles. The van der Waals surface area contributed by atoms with E-state index < -0.39 is 0 Å². The largest absolute Gasteiger partial charge is 0.458 e. The van der Waals surface area contributed by atoms with Gasteiger partial charge >= 0.3 is 5.97 Å². The lowest BCUT2D eigenvalue weighted by Gasteiger charge is -2.63. The fourth-order valence-electron chi connectivity index (χ4n) is 6.43. The Morgan fingerprint density at radius 2 is 1.87 bits per heavy atom. The molecule has 3 nitrogen and oxygen atoms in total. The number of hydrogen-bond acceptors (Lipinski definition) is 3. The van der Waals surface area contributed by atoms with E-state index in [1.54, 1.807) is 12.1 Å². The molecule has 0 aromatic heterocycles. The molecular weight excluding hydrogens is 356 g/mol. The van der Waals surface area contributed by atoms with Gasteiger partial charge in [-0.3, -0.25) is 4.79 Å². The van der Waals surface area contributed by atoms with Crippen molar-refractivity contribution < 1.29 is 14.3 Å². The minimum atomic E-state index is -0.317. The van der Waals surface area contributed by atoms with Crippen molar-refractivity contribution in [2.75, 3.05) is 0 Å². The summed E-state index contributed by atoms with van der Waals surface area (Å²) in [6, 6.07) is 7.25. The molecule has 0 aliphatic heterocycles. The van der Waals surface area contributed by atoms with E-state index in [2.05, 4.69) is 15.9 Å². The van der Waals surface area contributed by atoms with Gasteiger partial charge in [-0.2, -0.15) is 0 Å². The molecule has 1 spiro atoms. The molecule has 0 radical (unpaired) electrons. The molecule has 1 aromatic rings. The first-order chi connectivity index (χ1) is 11.1. The zero-order valence-electron chi connectivity index (χ0n) is 12.8. The van der Waals surface area contributed by atoms with Gasteiger partial charge in [-0.05, 0) is 73.6 Å². The SMILES string of the molecule is O=C(O[C@@H]1C[C@H]2CC[C@@H]3[C@H]2[C@H]2CCC(=O)[C@]231)c1ccc(Br)cc1. The number of hydrogen-bond donors (Lipinski definition) is 0. The van der Waals surface area contributed by atoms with Crippen LogP contribution in [0.1, 0.15) is 42.5 Å². The van der Waals surface area contributed by atoms with Crippen LogP contribution in [0.15, 0.2) is 28.7 Å². The second kappa shape index (κ2) is 4.69. The van der Waals surface area contributed by atoms with Crippen LogP contribution in [0.3, 0.4) is 0 Å². The number of benzene rings is 1. The molecule has 0 saturated heterocycles. The van der Waals surface area contributed by atoms with Gasteiger partial charge in [0.25, 0.3) is 0 Å². The number of Topliss-reactive ketones (excluding diaryl/α,β-unsaturated/α-hetero) is 1. The number of halogens is 1. The lowest BCUT2D eigenvalue weighted by atomic mass is 9.41. The summed E-state index contributed by atoms with van der Waals surface area (Å²) in [6.07, 6.45) is 4.78. The van der Waals surface area contributed by atoms with Crippen molar-refractivity contribution >= 4 is 27.7 Å². The lowest BCUT2D eigenvalue weighted by Crippen LogP contribution is -2.67. The maximum atomic E-state index is 12.7. The van der Waals surface area contributed by atoms with E-state index in [1.807, 2.05) is 12.1 Å². The lowest BCUT2D eigenvalue weighted by molar-refractivity contribution is -0.208. The summed E-state index contributed by atoms with van der Waals surface area (Å²) in [5, 5.41) is 0. The highest BCUT2D eigenvalue weighted by molar-refractivity contribution is 9.10. The molecule has 0 amide bonds. The molecule has 120 valence electrons. The highest BCUT2D eigenvalue weighted by atomic mass is 79.9. The van der Waals surface area contributed by atoms with E-state index in [-0.39, 0.29) is 17.5 Å². The fourth-order valence-corrected chi connectivity index (χ4v) is 6.69. The minimum Gasteiger partial charge on any atom is -0.458 e. The third-order valence-corrected chi connectivity index (χ3v) is 7.62. The molecular formula is C19H19BrO3. The predicted octanol–water partition coefficient (Wildman–Crippen LogP) is 4.00. The highest BCUT2D eigenvalue weighted by Crippen LogP contribution is 2.76. The van der Waals surface area contributed by atoms with Crippen LogP contribution in [0.2, 0.25) is 0 Å². The Morgan fingerprint density at radius 3 is 2.65 bits per heavy atom. The van der Waals surface area contributed by atoms with Crippen LogP contribution in [0.25, 0.3) is 0 Å². The van der Waals surface area contributed by atoms with Crippen LogP contribution >= 0.6 is 15.9 Å². The zero-order valence-corrected chi connectivity index (χ0v) is 14.4. The van der Waals surface area contributed by atoms with E-state index in [0.29, 0.717) is 35.5 Å². The average Bonchev–Trinajstić information content (AvgIpc) is 2.97. The molecule has 23 heavy (non-hydrogen) atoms. The molecule has 1 aromatic carbocycles. The van der Waals surface area contributed by atoms with Crippen molar-refractivity contribution in [2.45, 2.75) is 38.2 Å². The summed E-state index contributed by atoms with van der Waals surface area (Å²) < 4.78 is 6.89. The number of fused-ring (bicyclic) bond motifs is 1. The van der Waals surface area contributed by atoms with E-state index in [9.17, 15) is 9.59 Å². The minimum absolute atomic E-state index is 0.193. The molecule has 5 aliphatic carbocycles. The van der Waals surface area contributed by atoms with Gasteiger partial charge in [0.2, 0.25) is 0 Å². The van der Waals surface area contributed by atoms with E-state index in [1.165, 1.54) is 6.42 Å². The predicted molar refractivity (Wildman–Crippen MR) is 87.8 cm³/mol. The number of carbonyl (C=O) groups is 2. The number of rotatable bonds is 2. The molecule has 4 bridgehead atoms. The maximum Gasteiger partial charge on any atom is 0.338 e. The van der Waals surface area contributed by atoms with Gasteiger partial charge in [0.1, 0.15) is 11.9 Å². The summed E-state index contributed by atoms with van der Waals surface area (Å²) in [4.78, 5) is 25.3. The summed E-state index contributed by atoms with van der Waals surface area (Å²) in [5.74, 6) is 2.48. The summed E-state index contributed by atoms with van der Waals surface area (Å²) in [7, 11) is 0. The second-order valence-corrected chi connectivity index (χ2v) is 8.57. The number of esters is 1. The smallest absolute Gasteiger partial charge is 0.338 e. The summed E-state index contributed by atoms with van der Waals surface area (Å²) >= 11 is 3.38. The second-order valence-electron chi connectivity index (χ2n) is 7.66. The van der Waals surface area contributed by atoms with Crippen LogP contribution in [0, 0.1) is 29.1 Å². The number of ketones is 1. The van der Waals surface area contributed by atoms with Gasteiger partial charge in [0.15, 0.2) is 0 Å². The molecule has 5 aliphatic rings. The van der Waals surface area contributed by atoms with Crippen molar-refractivity contribution in [2.24, 2.45) is 29.1 Å². The quantitative estimate of drug-likeness (QED) is 0.734. The summed E-state index contributed by atoms with van der Waals surface area (Å²) in [5.41, 5.74) is 0.253. The van der Waals surface area contributed by atoms with Gasteiger partial charge in [0, 0.05) is 10.9 Å². The monoisotopic (exact) mass is 374 g/mol. The maximum absolute atomic E-state index is 12.7. The fraction of sp³-hybridized carbons (Fsp3) is 0.579. The third-order valence-electron chi connectivity index (χ3n) is 7.09. The molecule has 0 unspecified atom stereocenters. The first-order valence-electron chi connectivity index (χ1n) is 8.62.